The summed E-state index contributed by atoms with van der Waals surface area (Å²) in [5.41, 5.74) is -0.0713. The van der Waals surface area contributed by atoms with Gasteiger partial charge in [0.2, 0.25) is 0 Å². The van der Waals surface area contributed by atoms with E-state index in [-0.39, 0.29) is 11.6 Å². The Bertz CT molecular complexity index is 224. The van der Waals surface area contributed by atoms with Crippen molar-refractivity contribution in [1.82, 2.24) is 4.90 Å². The van der Waals surface area contributed by atoms with E-state index in [0.29, 0.717) is 0 Å². The number of hydrogen-bond donors (Lipinski definition) is 1. The summed E-state index contributed by atoms with van der Waals surface area (Å²) in [5, 5.41) is 10.5. The van der Waals surface area contributed by atoms with Gasteiger partial charge in [0.25, 0.3) is 0 Å². The first-order valence-corrected chi connectivity index (χ1v) is 6.99. The summed E-state index contributed by atoms with van der Waals surface area (Å²) >= 11 is 0. The van der Waals surface area contributed by atoms with Crippen molar-refractivity contribution in [3.8, 4) is 12.3 Å². The largest absolute Gasteiger partial charge is 0.391 e. The number of rotatable bonds is 9. The fraction of sp³-hybridized carbons (Fsp3) is 0.867. The summed E-state index contributed by atoms with van der Waals surface area (Å²) in [6.07, 6.45) is 9.45. The van der Waals surface area contributed by atoms with Gasteiger partial charge in [0, 0.05) is 12.0 Å². The van der Waals surface area contributed by atoms with Crippen LogP contribution in [0.5, 0.6) is 0 Å². The SMILES string of the molecule is C#CCCCC(O)C(CC)(CC)N(CC)CC. The highest BCUT2D eigenvalue weighted by Gasteiger charge is 2.38. The normalized spacial score (nSPS) is 13.7. The minimum atomic E-state index is -0.272. The molecule has 0 fully saturated rings. The number of aliphatic hydroxyl groups excluding tert-OH is 1. The molecule has 0 radical (unpaired) electrons. The highest BCUT2D eigenvalue weighted by Crippen LogP contribution is 2.30. The number of unbranched alkanes of at least 4 members (excludes halogenated alkanes) is 1. The van der Waals surface area contributed by atoms with Crippen LogP contribution in [0.15, 0.2) is 0 Å². The molecule has 17 heavy (non-hydrogen) atoms. The van der Waals surface area contributed by atoms with Gasteiger partial charge in [-0.1, -0.05) is 27.7 Å². The van der Waals surface area contributed by atoms with E-state index in [1.54, 1.807) is 0 Å². The first kappa shape index (κ1) is 16.5. The van der Waals surface area contributed by atoms with Crippen LogP contribution in [0.1, 0.15) is 59.8 Å². The standard InChI is InChI=1S/C15H29NO/c1-6-11-12-13-14(17)15(7-2,8-3)16(9-4)10-5/h1,14,17H,7-13H2,2-5H3. The van der Waals surface area contributed by atoms with E-state index in [9.17, 15) is 5.11 Å². The van der Waals surface area contributed by atoms with Crippen molar-refractivity contribution in [2.75, 3.05) is 13.1 Å². The summed E-state index contributed by atoms with van der Waals surface area (Å²) in [7, 11) is 0. The zero-order valence-electron chi connectivity index (χ0n) is 12.0. The second-order valence-corrected chi connectivity index (χ2v) is 4.60. The van der Waals surface area contributed by atoms with E-state index in [1.165, 1.54) is 0 Å². The van der Waals surface area contributed by atoms with E-state index < -0.39 is 0 Å². The van der Waals surface area contributed by atoms with Crippen molar-refractivity contribution in [2.24, 2.45) is 0 Å². The lowest BCUT2D eigenvalue weighted by atomic mass is 9.82. The molecule has 0 aliphatic rings. The quantitative estimate of drug-likeness (QED) is 0.494. The molecule has 2 nitrogen and oxygen atoms in total. The van der Waals surface area contributed by atoms with Crippen molar-refractivity contribution >= 4 is 0 Å². The molecule has 0 aromatic heterocycles. The monoisotopic (exact) mass is 239 g/mol. The van der Waals surface area contributed by atoms with E-state index >= 15 is 0 Å². The second-order valence-electron chi connectivity index (χ2n) is 4.60. The van der Waals surface area contributed by atoms with Crippen LogP contribution in [-0.2, 0) is 0 Å². The maximum Gasteiger partial charge on any atom is 0.0724 e. The van der Waals surface area contributed by atoms with E-state index in [2.05, 4.69) is 38.5 Å². The highest BCUT2D eigenvalue weighted by molar-refractivity contribution is 4.95. The maximum absolute atomic E-state index is 10.5. The molecule has 0 amide bonds. The Labute approximate surface area is 107 Å². The average molecular weight is 239 g/mol. The molecule has 0 aliphatic heterocycles. The van der Waals surface area contributed by atoms with Gasteiger partial charge >= 0.3 is 0 Å². The lowest BCUT2D eigenvalue weighted by Gasteiger charge is -2.46. The van der Waals surface area contributed by atoms with Crippen LogP contribution >= 0.6 is 0 Å². The Hall–Kier alpha value is -0.520. The Kier molecular flexibility index (Phi) is 8.29. The van der Waals surface area contributed by atoms with Crippen molar-refractivity contribution in [1.29, 1.82) is 0 Å². The van der Waals surface area contributed by atoms with Crippen LogP contribution in [0, 0.1) is 12.3 Å². The van der Waals surface area contributed by atoms with Crippen LogP contribution in [0.4, 0.5) is 0 Å². The summed E-state index contributed by atoms with van der Waals surface area (Å²) in [6.45, 7) is 10.7. The van der Waals surface area contributed by atoms with Gasteiger partial charge in [-0.2, -0.15) is 0 Å². The van der Waals surface area contributed by atoms with Crippen LogP contribution in [0.3, 0.4) is 0 Å². The van der Waals surface area contributed by atoms with Crippen LogP contribution < -0.4 is 0 Å². The van der Waals surface area contributed by atoms with Crippen molar-refractivity contribution in [2.45, 2.75) is 71.4 Å². The van der Waals surface area contributed by atoms with Gasteiger partial charge in [0.15, 0.2) is 0 Å². The molecule has 1 atom stereocenters. The fourth-order valence-electron chi connectivity index (χ4n) is 2.90. The molecule has 0 aromatic carbocycles. The molecule has 0 aromatic rings. The molecular formula is C15H29NO. The van der Waals surface area contributed by atoms with Crippen LogP contribution in [0.2, 0.25) is 0 Å². The van der Waals surface area contributed by atoms with Gasteiger partial charge < -0.3 is 5.11 Å². The first-order chi connectivity index (χ1) is 8.12. The van der Waals surface area contributed by atoms with Crippen LogP contribution in [0.25, 0.3) is 0 Å². The minimum absolute atomic E-state index is 0.0713. The third-order valence-electron chi connectivity index (χ3n) is 4.04. The minimum Gasteiger partial charge on any atom is -0.391 e. The molecule has 0 saturated heterocycles. The fourth-order valence-corrected chi connectivity index (χ4v) is 2.90. The Morgan fingerprint density at radius 3 is 2.06 bits per heavy atom. The molecule has 0 aliphatic carbocycles. The summed E-state index contributed by atoms with van der Waals surface area (Å²) in [5.74, 6) is 2.64. The molecule has 1 unspecified atom stereocenters. The van der Waals surface area contributed by atoms with E-state index in [4.69, 9.17) is 6.42 Å². The van der Waals surface area contributed by atoms with Crippen molar-refractivity contribution < 1.29 is 5.11 Å². The highest BCUT2D eigenvalue weighted by atomic mass is 16.3. The Balaban J connectivity index is 4.73. The smallest absolute Gasteiger partial charge is 0.0724 e. The zero-order chi connectivity index (χ0) is 13.3. The van der Waals surface area contributed by atoms with E-state index in [1.807, 2.05) is 0 Å². The Morgan fingerprint density at radius 1 is 1.18 bits per heavy atom. The van der Waals surface area contributed by atoms with Crippen molar-refractivity contribution in [3.63, 3.8) is 0 Å². The third-order valence-corrected chi connectivity index (χ3v) is 4.04. The number of aliphatic hydroxyl groups is 1. The molecule has 0 saturated carbocycles. The molecular weight excluding hydrogens is 210 g/mol. The molecule has 0 bridgehead atoms. The van der Waals surface area contributed by atoms with Crippen LogP contribution in [-0.4, -0.2) is 34.7 Å². The molecule has 2 heteroatoms. The lowest BCUT2D eigenvalue weighted by molar-refractivity contribution is -0.0390. The number of likely N-dealkylation sites (N-methyl/N-ethyl adjacent to an activating group) is 1. The van der Waals surface area contributed by atoms with E-state index in [0.717, 1.165) is 45.2 Å². The zero-order valence-corrected chi connectivity index (χ0v) is 12.0. The number of terminal acetylenes is 1. The van der Waals surface area contributed by atoms with Gasteiger partial charge in [-0.25, -0.2) is 0 Å². The van der Waals surface area contributed by atoms with Crippen molar-refractivity contribution in [3.05, 3.63) is 0 Å². The summed E-state index contributed by atoms with van der Waals surface area (Å²) < 4.78 is 0. The number of nitrogens with zero attached hydrogens (tertiary/aromatic N) is 1. The predicted octanol–water partition coefficient (Wildman–Crippen LogP) is 3.05. The maximum atomic E-state index is 10.5. The van der Waals surface area contributed by atoms with Gasteiger partial charge in [-0.05, 0) is 38.8 Å². The lowest BCUT2D eigenvalue weighted by Crippen LogP contribution is -2.56. The molecule has 1 N–H and O–H groups in total. The topological polar surface area (TPSA) is 23.5 Å². The average Bonchev–Trinajstić information content (AvgIpc) is 2.36. The van der Waals surface area contributed by atoms with Gasteiger partial charge in [0.1, 0.15) is 0 Å². The predicted molar refractivity (Wildman–Crippen MR) is 74.9 cm³/mol. The molecule has 100 valence electrons. The first-order valence-electron chi connectivity index (χ1n) is 6.99. The molecule has 0 spiro atoms. The summed E-state index contributed by atoms with van der Waals surface area (Å²) in [4.78, 5) is 2.40. The second kappa shape index (κ2) is 8.55. The number of hydrogen-bond acceptors (Lipinski definition) is 2. The van der Waals surface area contributed by atoms with Gasteiger partial charge in [0.05, 0.1) is 6.10 Å². The Morgan fingerprint density at radius 2 is 1.71 bits per heavy atom. The van der Waals surface area contributed by atoms with Gasteiger partial charge in [-0.3, -0.25) is 4.90 Å². The van der Waals surface area contributed by atoms with Gasteiger partial charge in [-0.15, -0.1) is 12.3 Å². The summed E-state index contributed by atoms with van der Waals surface area (Å²) in [6, 6.07) is 0. The molecule has 0 rings (SSSR count). The third kappa shape index (κ3) is 4.01. The molecule has 0 heterocycles.